The van der Waals surface area contributed by atoms with Gasteiger partial charge in [0, 0.05) is 12.1 Å². The van der Waals surface area contributed by atoms with Crippen LogP contribution >= 0.6 is 6.49 Å². The van der Waals surface area contributed by atoms with Crippen LogP contribution in [0.1, 0.15) is 6.92 Å². The lowest BCUT2D eigenvalue weighted by molar-refractivity contribution is 0.0616. The van der Waals surface area contributed by atoms with Crippen molar-refractivity contribution in [2.24, 2.45) is 11.8 Å². The van der Waals surface area contributed by atoms with Crippen LogP contribution in [0.4, 0.5) is 0 Å². The lowest BCUT2D eigenvalue weighted by Crippen LogP contribution is -2.49. The molecule has 0 unspecified atom stereocenters. The second kappa shape index (κ2) is 3.95. The van der Waals surface area contributed by atoms with E-state index in [4.69, 9.17) is 20.9 Å². The Morgan fingerprint density at radius 1 is 1.31 bits per heavy atom. The Morgan fingerprint density at radius 3 is 2.31 bits per heavy atom. The van der Waals surface area contributed by atoms with Crippen molar-refractivity contribution in [2.45, 2.75) is 6.92 Å². The van der Waals surface area contributed by atoms with Crippen molar-refractivity contribution in [3.05, 3.63) is 0 Å². The van der Waals surface area contributed by atoms with Crippen LogP contribution in [-0.4, -0.2) is 32.5 Å². The summed E-state index contributed by atoms with van der Waals surface area (Å²) in [6, 6.07) is 0. The van der Waals surface area contributed by atoms with E-state index in [9.17, 15) is 0 Å². The molecule has 2 aliphatic heterocycles. The van der Waals surface area contributed by atoms with Gasteiger partial charge < -0.3 is 14.4 Å². The number of hydrogen-bond donors (Lipinski definition) is 1. The quantitative estimate of drug-likeness (QED) is 0.710. The molecule has 0 saturated carbocycles. The SMILES string of the molecule is CCP1(=S)OCC(C2CNC2)CO1. The molecule has 2 saturated heterocycles. The molecule has 2 rings (SSSR count). The van der Waals surface area contributed by atoms with Gasteiger partial charge in [-0.25, -0.2) is 0 Å². The number of rotatable bonds is 2. The maximum Gasteiger partial charge on any atom is 0.188 e. The third-order valence-electron chi connectivity index (χ3n) is 2.84. The fourth-order valence-corrected chi connectivity index (χ4v) is 3.25. The molecule has 0 aromatic rings. The van der Waals surface area contributed by atoms with Crippen molar-refractivity contribution in [1.82, 2.24) is 5.32 Å². The molecule has 76 valence electrons. The summed E-state index contributed by atoms with van der Waals surface area (Å²) < 4.78 is 11.3. The molecule has 2 aliphatic rings. The molecule has 0 bridgehead atoms. The monoisotopic (exact) mass is 221 g/mol. The first-order chi connectivity index (χ1) is 6.23. The summed E-state index contributed by atoms with van der Waals surface area (Å²) in [6.45, 7) is 4.07. The van der Waals surface area contributed by atoms with E-state index in [1.807, 2.05) is 6.92 Å². The van der Waals surface area contributed by atoms with E-state index in [1.165, 1.54) is 0 Å². The summed E-state index contributed by atoms with van der Waals surface area (Å²) >= 11 is 5.30. The second-order valence-corrected chi connectivity index (χ2v) is 7.74. The van der Waals surface area contributed by atoms with Crippen molar-refractivity contribution in [2.75, 3.05) is 32.5 Å². The normalized spacial score (nSPS) is 41.5. The zero-order valence-corrected chi connectivity index (χ0v) is 9.57. The van der Waals surface area contributed by atoms with Crippen LogP contribution in [0.15, 0.2) is 0 Å². The number of hydrogen-bond acceptors (Lipinski definition) is 4. The lowest BCUT2D eigenvalue weighted by atomic mass is 9.89. The summed E-state index contributed by atoms with van der Waals surface area (Å²) in [6.07, 6.45) is 0.859. The van der Waals surface area contributed by atoms with Crippen molar-refractivity contribution >= 4 is 18.3 Å². The minimum absolute atomic E-state index is 0.573. The highest BCUT2D eigenvalue weighted by molar-refractivity contribution is 8.09. The topological polar surface area (TPSA) is 30.5 Å². The molecule has 0 amide bonds. The molecule has 5 heteroatoms. The van der Waals surface area contributed by atoms with E-state index in [0.29, 0.717) is 5.92 Å². The van der Waals surface area contributed by atoms with E-state index in [1.54, 1.807) is 0 Å². The van der Waals surface area contributed by atoms with E-state index < -0.39 is 6.49 Å². The van der Waals surface area contributed by atoms with Crippen molar-refractivity contribution in [3.8, 4) is 0 Å². The van der Waals surface area contributed by atoms with Gasteiger partial charge in [0.25, 0.3) is 0 Å². The summed E-state index contributed by atoms with van der Waals surface area (Å²) in [5, 5.41) is 3.27. The standard InChI is InChI=1S/C8H16NO2PS/c1-2-12(13)10-5-8(6-11-12)7-3-9-4-7/h7-9H,2-6H2,1H3. The van der Waals surface area contributed by atoms with Crippen LogP contribution in [-0.2, 0) is 20.9 Å². The van der Waals surface area contributed by atoms with Crippen molar-refractivity contribution in [1.29, 1.82) is 0 Å². The highest BCUT2D eigenvalue weighted by Gasteiger charge is 2.34. The minimum atomic E-state index is -1.84. The van der Waals surface area contributed by atoms with Gasteiger partial charge in [0.1, 0.15) is 0 Å². The molecule has 0 spiro atoms. The van der Waals surface area contributed by atoms with Crippen LogP contribution in [0.3, 0.4) is 0 Å². The van der Waals surface area contributed by atoms with Gasteiger partial charge in [-0.3, -0.25) is 0 Å². The third kappa shape index (κ3) is 2.13. The van der Waals surface area contributed by atoms with E-state index in [2.05, 4.69) is 5.32 Å². The fourth-order valence-electron chi connectivity index (χ4n) is 1.60. The fraction of sp³-hybridized carbons (Fsp3) is 1.00. The molecule has 0 aliphatic carbocycles. The van der Waals surface area contributed by atoms with Gasteiger partial charge in [-0.05, 0) is 30.8 Å². The highest BCUT2D eigenvalue weighted by Crippen LogP contribution is 2.52. The van der Waals surface area contributed by atoms with Gasteiger partial charge in [-0.15, -0.1) is 0 Å². The van der Waals surface area contributed by atoms with Gasteiger partial charge in [0.05, 0.1) is 13.2 Å². The highest BCUT2D eigenvalue weighted by atomic mass is 32.5. The average molecular weight is 221 g/mol. The molecule has 0 radical (unpaired) electrons. The Hall–Kier alpha value is 0.530. The zero-order valence-electron chi connectivity index (χ0n) is 7.86. The second-order valence-electron chi connectivity index (χ2n) is 3.70. The van der Waals surface area contributed by atoms with Crippen LogP contribution < -0.4 is 5.32 Å². The Kier molecular flexibility index (Phi) is 3.06. The molecule has 0 aromatic carbocycles. The van der Waals surface area contributed by atoms with Crippen LogP contribution in [0.5, 0.6) is 0 Å². The number of nitrogens with one attached hydrogen (secondary N) is 1. The van der Waals surface area contributed by atoms with Gasteiger partial charge in [0.15, 0.2) is 6.49 Å². The van der Waals surface area contributed by atoms with Crippen molar-refractivity contribution in [3.63, 3.8) is 0 Å². The molecule has 2 fully saturated rings. The summed E-state index contributed by atoms with van der Waals surface area (Å²) in [5.74, 6) is 1.32. The van der Waals surface area contributed by atoms with Gasteiger partial charge in [-0.1, -0.05) is 6.92 Å². The predicted octanol–water partition coefficient (Wildman–Crippen LogP) is 1.20. The maximum absolute atomic E-state index is 5.66. The smallest absolute Gasteiger partial charge is 0.188 e. The van der Waals surface area contributed by atoms with E-state index in [-0.39, 0.29) is 0 Å². The molecule has 13 heavy (non-hydrogen) atoms. The Bertz CT molecular complexity index is 220. The Balaban J connectivity index is 1.85. The van der Waals surface area contributed by atoms with Crippen LogP contribution in [0.25, 0.3) is 0 Å². The van der Waals surface area contributed by atoms with Gasteiger partial charge in [-0.2, -0.15) is 0 Å². The zero-order chi connectivity index (χ0) is 9.31. The first-order valence-electron chi connectivity index (χ1n) is 4.82. The lowest BCUT2D eigenvalue weighted by Gasteiger charge is -2.39. The Morgan fingerprint density at radius 2 is 1.92 bits per heavy atom. The largest absolute Gasteiger partial charge is 0.329 e. The molecule has 1 N–H and O–H groups in total. The summed E-state index contributed by atoms with van der Waals surface area (Å²) in [5.41, 5.74) is 0. The van der Waals surface area contributed by atoms with Gasteiger partial charge >= 0.3 is 0 Å². The molecule has 0 atom stereocenters. The first kappa shape index (κ1) is 10.1. The summed E-state index contributed by atoms with van der Waals surface area (Å²) in [7, 11) is 0. The van der Waals surface area contributed by atoms with Crippen LogP contribution in [0, 0.1) is 11.8 Å². The molecular formula is C8H16NO2PS. The predicted molar refractivity (Wildman–Crippen MR) is 56.6 cm³/mol. The summed E-state index contributed by atoms with van der Waals surface area (Å²) in [4.78, 5) is 0. The maximum atomic E-state index is 5.66. The van der Waals surface area contributed by atoms with Crippen molar-refractivity contribution < 1.29 is 9.05 Å². The minimum Gasteiger partial charge on any atom is -0.329 e. The Labute approximate surface area is 84.4 Å². The molecular weight excluding hydrogens is 205 g/mol. The first-order valence-corrected chi connectivity index (χ1v) is 7.65. The van der Waals surface area contributed by atoms with E-state index >= 15 is 0 Å². The van der Waals surface area contributed by atoms with E-state index in [0.717, 1.165) is 38.4 Å². The molecule has 0 aromatic heterocycles. The van der Waals surface area contributed by atoms with Crippen LogP contribution in [0.2, 0.25) is 0 Å². The molecule has 3 nitrogen and oxygen atoms in total. The average Bonchev–Trinajstić information content (AvgIpc) is 2.06. The van der Waals surface area contributed by atoms with Gasteiger partial charge in [0.2, 0.25) is 0 Å². The molecule has 2 heterocycles. The third-order valence-corrected chi connectivity index (χ3v) is 6.10.